The molecule has 0 fully saturated rings. The van der Waals surface area contributed by atoms with Crippen LogP contribution in [0.1, 0.15) is 17.2 Å². The highest BCUT2D eigenvalue weighted by Gasteiger charge is 2.12. The van der Waals surface area contributed by atoms with Crippen molar-refractivity contribution in [2.24, 2.45) is 0 Å². The van der Waals surface area contributed by atoms with Crippen molar-refractivity contribution in [1.29, 1.82) is 0 Å². The van der Waals surface area contributed by atoms with Crippen LogP contribution in [0.25, 0.3) is 0 Å². The van der Waals surface area contributed by atoms with E-state index in [1.54, 1.807) is 30.5 Å². The molecule has 94 valence electrons. The molecule has 3 nitrogen and oxygen atoms in total. The lowest BCUT2D eigenvalue weighted by molar-refractivity contribution is 0.178. The molecule has 3 N–H and O–H groups in total. The molecular formula is C13H12BrClN2O. The van der Waals surface area contributed by atoms with Gasteiger partial charge in [-0.25, -0.2) is 4.98 Å². The van der Waals surface area contributed by atoms with Crippen molar-refractivity contribution >= 4 is 33.3 Å². The fraction of sp³-hybridized carbons (Fsp3) is 0.154. The molecule has 0 bridgehead atoms. The van der Waals surface area contributed by atoms with Gasteiger partial charge in [0.1, 0.15) is 5.82 Å². The molecule has 2 rings (SSSR count). The van der Waals surface area contributed by atoms with Gasteiger partial charge >= 0.3 is 0 Å². The van der Waals surface area contributed by atoms with Crippen molar-refractivity contribution in [3.63, 3.8) is 0 Å². The van der Waals surface area contributed by atoms with Gasteiger partial charge in [-0.1, -0.05) is 23.7 Å². The van der Waals surface area contributed by atoms with Crippen LogP contribution in [0.5, 0.6) is 0 Å². The standard InChI is InChI=1S/C13H12BrClN2O/c14-10-6-8(3-4-11(10)15)12(18)7-9-2-1-5-17-13(9)16/h1-6,12,18H,7H2,(H2,16,17). The molecule has 18 heavy (non-hydrogen) atoms. The SMILES string of the molecule is Nc1ncccc1CC(O)c1ccc(Cl)c(Br)c1. The lowest BCUT2D eigenvalue weighted by atomic mass is 10.0. The average molecular weight is 328 g/mol. The Hall–Kier alpha value is -1.10. The maximum absolute atomic E-state index is 10.2. The van der Waals surface area contributed by atoms with Gasteiger partial charge in [0.05, 0.1) is 11.1 Å². The van der Waals surface area contributed by atoms with Gasteiger partial charge in [-0.15, -0.1) is 0 Å². The quantitative estimate of drug-likeness (QED) is 0.909. The zero-order chi connectivity index (χ0) is 13.1. The van der Waals surface area contributed by atoms with Crippen molar-refractivity contribution in [2.45, 2.75) is 12.5 Å². The summed E-state index contributed by atoms with van der Waals surface area (Å²) in [5, 5.41) is 10.8. The number of aliphatic hydroxyl groups excluding tert-OH is 1. The summed E-state index contributed by atoms with van der Waals surface area (Å²) in [5.74, 6) is 0.449. The molecule has 0 spiro atoms. The Morgan fingerprint density at radius 3 is 2.83 bits per heavy atom. The number of halogens is 2. The molecule has 0 saturated heterocycles. The fourth-order valence-electron chi connectivity index (χ4n) is 1.67. The van der Waals surface area contributed by atoms with E-state index in [2.05, 4.69) is 20.9 Å². The van der Waals surface area contributed by atoms with Gasteiger partial charge < -0.3 is 10.8 Å². The highest BCUT2D eigenvalue weighted by Crippen LogP contribution is 2.28. The third-order valence-corrected chi connectivity index (χ3v) is 3.88. The van der Waals surface area contributed by atoms with Crippen molar-refractivity contribution in [3.05, 3.63) is 57.2 Å². The highest BCUT2D eigenvalue weighted by molar-refractivity contribution is 9.10. The molecule has 0 amide bonds. The molecule has 0 aliphatic rings. The summed E-state index contributed by atoms with van der Waals surface area (Å²) in [7, 11) is 0. The van der Waals surface area contributed by atoms with Crippen LogP contribution >= 0.6 is 27.5 Å². The first-order valence-corrected chi connectivity index (χ1v) is 6.57. The Kier molecular flexibility index (Phi) is 4.22. The molecule has 1 atom stereocenters. The van der Waals surface area contributed by atoms with E-state index in [9.17, 15) is 5.11 Å². The number of nitrogens with two attached hydrogens (primary N) is 1. The lowest BCUT2D eigenvalue weighted by Crippen LogP contribution is -2.05. The van der Waals surface area contributed by atoms with Gasteiger partial charge in [0.25, 0.3) is 0 Å². The van der Waals surface area contributed by atoms with E-state index in [0.717, 1.165) is 15.6 Å². The number of hydrogen-bond donors (Lipinski definition) is 2. The van der Waals surface area contributed by atoms with E-state index < -0.39 is 6.10 Å². The summed E-state index contributed by atoms with van der Waals surface area (Å²) in [6.07, 6.45) is 1.42. The normalized spacial score (nSPS) is 12.4. The summed E-state index contributed by atoms with van der Waals surface area (Å²) in [6.45, 7) is 0. The number of hydrogen-bond acceptors (Lipinski definition) is 3. The second-order valence-electron chi connectivity index (χ2n) is 3.94. The third-order valence-electron chi connectivity index (χ3n) is 2.67. The van der Waals surface area contributed by atoms with Gasteiger partial charge in [-0.2, -0.15) is 0 Å². The Balaban J connectivity index is 2.19. The lowest BCUT2D eigenvalue weighted by Gasteiger charge is -2.13. The first kappa shape index (κ1) is 13.3. The van der Waals surface area contributed by atoms with Crippen LogP contribution in [0.2, 0.25) is 5.02 Å². The second-order valence-corrected chi connectivity index (χ2v) is 5.20. The summed E-state index contributed by atoms with van der Waals surface area (Å²) in [5.41, 5.74) is 7.36. The van der Waals surface area contributed by atoms with Crippen LogP contribution in [0.15, 0.2) is 41.0 Å². The van der Waals surface area contributed by atoms with E-state index in [1.807, 2.05) is 6.07 Å². The topological polar surface area (TPSA) is 59.1 Å². The largest absolute Gasteiger partial charge is 0.388 e. The fourth-order valence-corrected chi connectivity index (χ4v) is 2.18. The number of nitrogens with zero attached hydrogens (tertiary/aromatic N) is 1. The zero-order valence-corrected chi connectivity index (χ0v) is 11.8. The summed E-state index contributed by atoms with van der Waals surface area (Å²) in [6, 6.07) is 9.01. The van der Waals surface area contributed by atoms with E-state index >= 15 is 0 Å². The number of nitrogen functional groups attached to an aromatic ring is 1. The first-order valence-electron chi connectivity index (χ1n) is 5.40. The average Bonchev–Trinajstić information content (AvgIpc) is 2.35. The highest BCUT2D eigenvalue weighted by atomic mass is 79.9. The van der Waals surface area contributed by atoms with E-state index in [1.165, 1.54) is 0 Å². The molecule has 0 aliphatic heterocycles. The Morgan fingerprint density at radius 2 is 2.17 bits per heavy atom. The minimum Gasteiger partial charge on any atom is -0.388 e. The maximum atomic E-state index is 10.2. The van der Waals surface area contributed by atoms with Crippen LogP contribution in [0.4, 0.5) is 5.82 Å². The van der Waals surface area contributed by atoms with Crippen LogP contribution in [-0.2, 0) is 6.42 Å². The molecule has 1 heterocycles. The number of pyridine rings is 1. The minimum absolute atomic E-state index is 0.424. The number of rotatable bonds is 3. The Bertz CT molecular complexity index is 562. The number of aliphatic hydroxyl groups is 1. The van der Waals surface area contributed by atoms with Crippen LogP contribution < -0.4 is 5.73 Å². The number of aromatic nitrogens is 1. The van der Waals surface area contributed by atoms with Gasteiger partial charge in [0.2, 0.25) is 0 Å². The number of benzene rings is 1. The Morgan fingerprint density at radius 1 is 1.39 bits per heavy atom. The van der Waals surface area contributed by atoms with Crippen LogP contribution in [0.3, 0.4) is 0 Å². The predicted octanol–water partition coefficient (Wildman–Crippen LogP) is 3.36. The minimum atomic E-state index is -0.634. The summed E-state index contributed by atoms with van der Waals surface area (Å²) >= 11 is 9.25. The maximum Gasteiger partial charge on any atom is 0.126 e. The molecule has 0 saturated carbocycles. The van der Waals surface area contributed by atoms with E-state index in [0.29, 0.717) is 17.3 Å². The third kappa shape index (κ3) is 3.02. The summed E-state index contributed by atoms with van der Waals surface area (Å²) < 4.78 is 0.764. The zero-order valence-electron chi connectivity index (χ0n) is 9.48. The van der Waals surface area contributed by atoms with Crippen LogP contribution in [-0.4, -0.2) is 10.1 Å². The monoisotopic (exact) mass is 326 g/mol. The van der Waals surface area contributed by atoms with Crippen molar-refractivity contribution in [3.8, 4) is 0 Å². The molecule has 2 aromatic rings. The second kappa shape index (κ2) is 5.69. The molecule has 0 aliphatic carbocycles. The molecule has 1 aromatic carbocycles. The van der Waals surface area contributed by atoms with Crippen molar-refractivity contribution < 1.29 is 5.11 Å². The molecule has 5 heteroatoms. The first-order chi connectivity index (χ1) is 8.58. The van der Waals surface area contributed by atoms with E-state index in [-0.39, 0.29) is 0 Å². The predicted molar refractivity (Wildman–Crippen MR) is 76.5 cm³/mol. The van der Waals surface area contributed by atoms with Gasteiger partial charge in [0.15, 0.2) is 0 Å². The Labute approximate surface area is 119 Å². The van der Waals surface area contributed by atoms with Crippen molar-refractivity contribution in [2.75, 3.05) is 5.73 Å². The smallest absolute Gasteiger partial charge is 0.126 e. The van der Waals surface area contributed by atoms with Crippen LogP contribution in [0, 0.1) is 0 Å². The number of anilines is 1. The molecular weight excluding hydrogens is 316 g/mol. The van der Waals surface area contributed by atoms with Gasteiger partial charge in [-0.3, -0.25) is 0 Å². The molecule has 1 unspecified atom stereocenters. The summed E-state index contributed by atoms with van der Waals surface area (Å²) in [4.78, 5) is 3.99. The van der Waals surface area contributed by atoms with Gasteiger partial charge in [-0.05, 0) is 45.3 Å². The van der Waals surface area contributed by atoms with E-state index in [4.69, 9.17) is 17.3 Å². The molecule has 1 aromatic heterocycles. The van der Waals surface area contributed by atoms with Crippen molar-refractivity contribution in [1.82, 2.24) is 4.98 Å². The van der Waals surface area contributed by atoms with Gasteiger partial charge in [0, 0.05) is 17.1 Å². The molecule has 0 radical (unpaired) electrons.